The van der Waals surface area contributed by atoms with E-state index in [1.54, 1.807) is 4.90 Å². The number of piperidine rings is 1. The van der Waals surface area contributed by atoms with Crippen LogP contribution in [0.4, 0.5) is 16.2 Å². The molecule has 2 aromatic carbocycles. The van der Waals surface area contributed by atoms with Gasteiger partial charge in [0.15, 0.2) is 0 Å². The molecule has 9 nitrogen and oxygen atoms in total. The van der Waals surface area contributed by atoms with E-state index >= 15 is 0 Å². The molecule has 36 heavy (non-hydrogen) atoms. The van der Waals surface area contributed by atoms with Gasteiger partial charge in [-0.1, -0.05) is 18.2 Å². The lowest BCUT2D eigenvalue weighted by atomic mass is 9.96. The number of benzene rings is 2. The van der Waals surface area contributed by atoms with Gasteiger partial charge in [0.05, 0.1) is 23.9 Å². The number of nitrogens with zero attached hydrogens (tertiary/aromatic N) is 4. The maximum atomic E-state index is 13.7. The highest BCUT2D eigenvalue weighted by atomic mass is 16.4. The molecule has 2 saturated heterocycles. The molecule has 1 atom stereocenters. The number of aliphatic hydroxyl groups is 1. The fourth-order valence-electron chi connectivity index (χ4n) is 5.32. The SMILES string of the molecule is Cc1cc(C)c(N(c2ccccc2C#N)C2CCNCC2)cc1C(=O)N1CCN(C(=O)O)[C@H](CO)C1. The number of amides is 2. The van der Waals surface area contributed by atoms with Crippen LogP contribution in [-0.2, 0) is 0 Å². The van der Waals surface area contributed by atoms with Crippen LogP contribution in [0.25, 0.3) is 0 Å². The van der Waals surface area contributed by atoms with E-state index in [0.29, 0.717) is 11.1 Å². The van der Waals surface area contributed by atoms with Crippen molar-refractivity contribution in [3.8, 4) is 6.07 Å². The lowest BCUT2D eigenvalue weighted by Gasteiger charge is -2.40. The topological polar surface area (TPSA) is 120 Å². The van der Waals surface area contributed by atoms with E-state index in [2.05, 4.69) is 16.3 Å². The lowest BCUT2D eigenvalue weighted by molar-refractivity contribution is 0.0337. The summed E-state index contributed by atoms with van der Waals surface area (Å²) in [6.45, 7) is 5.89. The molecule has 2 aliphatic heterocycles. The predicted octanol–water partition coefficient (Wildman–Crippen LogP) is 2.86. The number of para-hydroxylation sites is 1. The zero-order chi connectivity index (χ0) is 25.8. The van der Waals surface area contributed by atoms with E-state index in [4.69, 9.17) is 0 Å². The van der Waals surface area contributed by atoms with Crippen molar-refractivity contribution in [2.45, 2.75) is 38.8 Å². The summed E-state index contributed by atoms with van der Waals surface area (Å²) < 4.78 is 0. The van der Waals surface area contributed by atoms with Gasteiger partial charge in [-0.15, -0.1) is 0 Å². The lowest BCUT2D eigenvalue weighted by Crippen LogP contribution is -2.57. The number of aryl methyl sites for hydroxylation is 2. The Balaban J connectivity index is 1.74. The number of carboxylic acid groups (broad SMARTS) is 1. The van der Waals surface area contributed by atoms with Crippen LogP contribution >= 0.6 is 0 Å². The minimum atomic E-state index is -1.09. The second-order valence-corrected chi connectivity index (χ2v) is 9.50. The van der Waals surface area contributed by atoms with Crippen LogP contribution in [0.2, 0.25) is 0 Å². The maximum Gasteiger partial charge on any atom is 0.407 e. The van der Waals surface area contributed by atoms with Gasteiger partial charge in [-0.25, -0.2) is 4.79 Å². The summed E-state index contributed by atoms with van der Waals surface area (Å²) in [4.78, 5) is 30.2. The molecule has 9 heteroatoms. The third-order valence-electron chi connectivity index (χ3n) is 7.22. The molecule has 0 radical (unpaired) electrons. The minimum absolute atomic E-state index is 0.138. The quantitative estimate of drug-likeness (QED) is 0.588. The molecule has 0 aromatic heterocycles. The number of aliphatic hydroxyl groups excluding tert-OH is 1. The van der Waals surface area contributed by atoms with E-state index in [1.807, 2.05) is 50.2 Å². The van der Waals surface area contributed by atoms with Crippen molar-refractivity contribution >= 4 is 23.4 Å². The number of piperazine rings is 1. The predicted molar refractivity (Wildman–Crippen MR) is 137 cm³/mol. The number of carbonyl (C=O) groups excluding carboxylic acids is 1. The van der Waals surface area contributed by atoms with Crippen molar-refractivity contribution in [3.63, 3.8) is 0 Å². The van der Waals surface area contributed by atoms with E-state index in [0.717, 1.165) is 48.4 Å². The monoisotopic (exact) mass is 491 g/mol. The van der Waals surface area contributed by atoms with Gasteiger partial charge in [0.25, 0.3) is 5.91 Å². The Kier molecular flexibility index (Phi) is 7.77. The van der Waals surface area contributed by atoms with Crippen molar-refractivity contribution < 1.29 is 19.8 Å². The number of carbonyl (C=O) groups is 2. The van der Waals surface area contributed by atoms with Gasteiger partial charge in [-0.2, -0.15) is 5.26 Å². The number of hydrogen-bond donors (Lipinski definition) is 3. The van der Waals surface area contributed by atoms with Crippen LogP contribution in [0.1, 0.15) is 39.9 Å². The second kappa shape index (κ2) is 11.0. The Bertz CT molecular complexity index is 1170. The molecule has 190 valence electrons. The summed E-state index contributed by atoms with van der Waals surface area (Å²) in [5.74, 6) is -0.184. The molecular weight excluding hydrogens is 458 g/mol. The third-order valence-corrected chi connectivity index (χ3v) is 7.22. The molecule has 0 bridgehead atoms. The van der Waals surface area contributed by atoms with E-state index < -0.39 is 12.1 Å². The number of anilines is 2. The number of nitriles is 1. The van der Waals surface area contributed by atoms with Crippen molar-refractivity contribution in [2.75, 3.05) is 44.2 Å². The zero-order valence-electron chi connectivity index (χ0n) is 20.8. The summed E-state index contributed by atoms with van der Waals surface area (Å²) in [5, 5.41) is 32.4. The van der Waals surface area contributed by atoms with E-state index in [1.165, 1.54) is 4.90 Å². The largest absolute Gasteiger partial charge is 0.465 e. The van der Waals surface area contributed by atoms with Crippen LogP contribution in [0.3, 0.4) is 0 Å². The Labute approximate surface area is 211 Å². The highest BCUT2D eigenvalue weighted by molar-refractivity contribution is 5.97. The Hall–Kier alpha value is -3.61. The third kappa shape index (κ3) is 5.01. The number of hydrogen-bond acceptors (Lipinski definition) is 6. The highest BCUT2D eigenvalue weighted by Gasteiger charge is 2.33. The molecular formula is C27H33N5O4. The Morgan fingerprint density at radius 1 is 1.11 bits per heavy atom. The highest BCUT2D eigenvalue weighted by Crippen LogP contribution is 2.37. The van der Waals surface area contributed by atoms with Crippen molar-refractivity contribution in [3.05, 3.63) is 58.7 Å². The van der Waals surface area contributed by atoms with Crippen LogP contribution in [0.15, 0.2) is 36.4 Å². The molecule has 2 heterocycles. The van der Waals surface area contributed by atoms with Gasteiger partial charge >= 0.3 is 6.09 Å². The van der Waals surface area contributed by atoms with E-state index in [-0.39, 0.29) is 38.2 Å². The summed E-state index contributed by atoms with van der Waals surface area (Å²) in [6, 6.07) is 13.3. The summed E-state index contributed by atoms with van der Waals surface area (Å²) in [6.07, 6.45) is 0.723. The average Bonchev–Trinajstić information content (AvgIpc) is 2.90. The maximum absolute atomic E-state index is 13.7. The first kappa shape index (κ1) is 25.5. The summed E-state index contributed by atoms with van der Waals surface area (Å²) in [7, 11) is 0. The van der Waals surface area contributed by atoms with Crippen LogP contribution in [0, 0.1) is 25.2 Å². The average molecular weight is 492 g/mol. The van der Waals surface area contributed by atoms with Crippen molar-refractivity contribution in [1.82, 2.24) is 15.1 Å². The van der Waals surface area contributed by atoms with Crippen LogP contribution in [-0.4, -0.2) is 83.4 Å². The first-order valence-electron chi connectivity index (χ1n) is 12.4. The van der Waals surface area contributed by atoms with Crippen LogP contribution < -0.4 is 10.2 Å². The molecule has 4 rings (SSSR count). The number of rotatable bonds is 5. The van der Waals surface area contributed by atoms with Crippen LogP contribution in [0.5, 0.6) is 0 Å². The summed E-state index contributed by atoms with van der Waals surface area (Å²) >= 11 is 0. The molecule has 3 N–H and O–H groups in total. The Morgan fingerprint density at radius 2 is 1.83 bits per heavy atom. The standard InChI is InChI=1S/C27H33N5O4/c1-18-13-19(2)25(14-23(18)26(34)30-11-12-31(27(35)36)22(16-30)17-33)32(21-7-9-29-10-8-21)24-6-4-3-5-20(24)15-28/h3-6,13-14,21-22,29,33H,7-12,16-17H2,1-2H3,(H,35,36)/t22-/m0/s1. The van der Waals surface area contributed by atoms with Gasteiger partial charge < -0.3 is 25.3 Å². The van der Waals surface area contributed by atoms with Gasteiger partial charge in [-0.3, -0.25) is 9.69 Å². The van der Waals surface area contributed by atoms with Gasteiger partial charge in [0, 0.05) is 36.9 Å². The fourth-order valence-corrected chi connectivity index (χ4v) is 5.32. The first-order valence-corrected chi connectivity index (χ1v) is 12.4. The molecule has 0 unspecified atom stereocenters. The first-order chi connectivity index (χ1) is 17.3. The second-order valence-electron chi connectivity index (χ2n) is 9.50. The van der Waals surface area contributed by atoms with Gasteiger partial charge in [-0.05, 0) is 69.1 Å². The molecule has 0 aliphatic carbocycles. The zero-order valence-corrected chi connectivity index (χ0v) is 20.8. The number of nitrogens with one attached hydrogen (secondary N) is 1. The molecule has 2 aromatic rings. The summed E-state index contributed by atoms with van der Waals surface area (Å²) in [5.41, 5.74) is 4.69. The molecule has 2 aliphatic rings. The molecule has 2 amide bonds. The fraction of sp³-hybridized carbons (Fsp3) is 0.444. The molecule has 2 fully saturated rings. The van der Waals surface area contributed by atoms with Crippen molar-refractivity contribution in [2.24, 2.45) is 0 Å². The van der Waals surface area contributed by atoms with E-state index in [9.17, 15) is 25.1 Å². The van der Waals surface area contributed by atoms with Gasteiger partial charge in [0.1, 0.15) is 6.07 Å². The van der Waals surface area contributed by atoms with Gasteiger partial charge in [0.2, 0.25) is 0 Å². The Morgan fingerprint density at radius 3 is 2.50 bits per heavy atom. The minimum Gasteiger partial charge on any atom is -0.465 e. The normalized spacial score (nSPS) is 18.6. The molecule has 0 saturated carbocycles. The smallest absolute Gasteiger partial charge is 0.407 e. The van der Waals surface area contributed by atoms with Crippen molar-refractivity contribution in [1.29, 1.82) is 5.26 Å². The molecule has 0 spiro atoms.